The van der Waals surface area contributed by atoms with Crippen molar-refractivity contribution in [2.24, 2.45) is 0 Å². The highest BCUT2D eigenvalue weighted by atomic mass is 16.2. The van der Waals surface area contributed by atoms with E-state index in [4.69, 9.17) is 0 Å². The van der Waals surface area contributed by atoms with Gasteiger partial charge in [-0.05, 0) is 26.3 Å². The topological polar surface area (TPSA) is 81.8 Å². The molecule has 3 rings (SSSR count). The Morgan fingerprint density at radius 2 is 1.88 bits per heavy atom. The van der Waals surface area contributed by atoms with E-state index in [1.165, 1.54) is 10.9 Å². The van der Waals surface area contributed by atoms with Gasteiger partial charge in [-0.1, -0.05) is 37.3 Å². The van der Waals surface area contributed by atoms with E-state index in [9.17, 15) is 9.59 Å². The summed E-state index contributed by atoms with van der Waals surface area (Å²) in [6, 6.07) is 9.39. The molecule has 0 aliphatic heterocycles. The molecule has 0 unspecified atom stereocenters. The van der Waals surface area contributed by atoms with Gasteiger partial charge in [-0.3, -0.25) is 15.0 Å². The average Bonchev–Trinajstić information content (AvgIpc) is 3.02. The van der Waals surface area contributed by atoms with Gasteiger partial charge in [0.1, 0.15) is 11.2 Å². The lowest BCUT2D eigenvalue weighted by molar-refractivity contribution is -0.116. The minimum Gasteiger partial charge on any atom is -0.273 e. The second kappa shape index (κ2) is 6.74. The molecule has 0 spiro atoms. The molecule has 0 saturated heterocycles. The van der Waals surface area contributed by atoms with Crippen molar-refractivity contribution in [1.29, 1.82) is 0 Å². The number of carbonyl (C=O) groups is 1. The fourth-order valence-corrected chi connectivity index (χ4v) is 2.80. The smallest absolute Gasteiger partial charge is 0.273 e. The zero-order valence-corrected chi connectivity index (χ0v) is 15.5. The van der Waals surface area contributed by atoms with Crippen LogP contribution in [0.1, 0.15) is 39.1 Å². The van der Waals surface area contributed by atoms with Crippen LogP contribution in [0.4, 0.5) is 0 Å². The van der Waals surface area contributed by atoms with Gasteiger partial charge in [0, 0.05) is 6.42 Å². The lowest BCUT2D eigenvalue weighted by atomic mass is 10.1. The number of benzene rings is 1. The Labute approximate surface area is 151 Å². The van der Waals surface area contributed by atoms with E-state index in [1.807, 2.05) is 58.0 Å². The van der Waals surface area contributed by atoms with Crippen molar-refractivity contribution in [3.63, 3.8) is 0 Å². The zero-order chi connectivity index (χ0) is 18.9. The van der Waals surface area contributed by atoms with E-state index < -0.39 is 0 Å². The van der Waals surface area contributed by atoms with Crippen molar-refractivity contribution in [2.75, 3.05) is 5.43 Å². The summed E-state index contributed by atoms with van der Waals surface area (Å²) in [5.74, 6) is 0.229. The molecule has 136 valence electrons. The van der Waals surface area contributed by atoms with Gasteiger partial charge in [0.25, 0.3) is 5.56 Å². The number of amides is 1. The van der Waals surface area contributed by atoms with Crippen LogP contribution in [-0.2, 0) is 23.2 Å². The second-order valence-electron chi connectivity index (χ2n) is 7.18. The van der Waals surface area contributed by atoms with E-state index in [-0.39, 0.29) is 23.4 Å². The monoisotopic (exact) mass is 353 g/mol. The van der Waals surface area contributed by atoms with Gasteiger partial charge < -0.3 is 0 Å². The Kier molecular flexibility index (Phi) is 4.63. The maximum Gasteiger partial charge on any atom is 0.283 e. The van der Waals surface area contributed by atoms with Crippen LogP contribution in [0.15, 0.2) is 41.3 Å². The lowest BCUT2D eigenvalue weighted by Crippen LogP contribution is -2.37. The number of fused-ring (bicyclic) bond motifs is 1. The zero-order valence-electron chi connectivity index (χ0n) is 15.5. The molecule has 0 aliphatic rings. The van der Waals surface area contributed by atoms with Crippen molar-refractivity contribution in [3.8, 4) is 0 Å². The highest BCUT2D eigenvalue weighted by Gasteiger charge is 2.22. The van der Waals surface area contributed by atoms with Crippen LogP contribution in [-0.4, -0.2) is 25.3 Å². The van der Waals surface area contributed by atoms with E-state index in [1.54, 1.807) is 4.68 Å². The van der Waals surface area contributed by atoms with Crippen molar-refractivity contribution < 1.29 is 4.79 Å². The summed E-state index contributed by atoms with van der Waals surface area (Å²) in [7, 11) is 0. The lowest BCUT2D eigenvalue weighted by Gasteiger charge is -2.20. The molecule has 7 heteroatoms. The third-order valence-corrected chi connectivity index (χ3v) is 4.07. The number of nitrogens with one attached hydrogen (secondary N) is 1. The minimum atomic E-state index is -0.316. The van der Waals surface area contributed by atoms with Crippen LogP contribution < -0.4 is 11.0 Å². The second-order valence-corrected chi connectivity index (χ2v) is 7.18. The van der Waals surface area contributed by atoms with Gasteiger partial charge in [-0.25, -0.2) is 14.3 Å². The molecule has 7 nitrogen and oxygen atoms in total. The molecule has 0 radical (unpaired) electrons. The summed E-state index contributed by atoms with van der Waals surface area (Å²) in [5, 5.41) is 4.71. The number of hydrogen-bond donors (Lipinski definition) is 1. The molecule has 0 saturated carbocycles. The summed E-state index contributed by atoms with van der Waals surface area (Å²) in [6.45, 7) is 7.89. The molecule has 3 aromatic rings. The largest absolute Gasteiger partial charge is 0.283 e. The maximum absolute atomic E-state index is 12.9. The summed E-state index contributed by atoms with van der Waals surface area (Å²) in [6.07, 6.45) is 2.21. The van der Waals surface area contributed by atoms with Crippen LogP contribution in [0, 0.1) is 0 Å². The molecule has 1 aromatic carbocycles. The number of hydrogen-bond acceptors (Lipinski definition) is 4. The number of aromatic nitrogens is 4. The first-order valence-electron chi connectivity index (χ1n) is 8.65. The van der Waals surface area contributed by atoms with Gasteiger partial charge in [0.05, 0.1) is 18.2 Å². The van der Waals surface area contributed by atoms with Gasteiger partial charge >= 0.3 is 0 Å². The maximum atomic E-state index is 12.9. The summed E-state index contributed by atoms with van der Waals surface area (Å²) >= 11 is 0. The van der Waals surface area contributed by atoms with E-state index in [2.05, 4.69) is 15.5 Å². The molecule has 0 atom stereocenters. The van der Waals surface area contributed by atoms with E-state index in [0.717, 1.165) is 5.56 Å². The van der Waals surface area contributed by atoms with Crippen molar-refractivity contribution in [3.05, 3.63) is 58.3 Å². The molecule has 2 aromatic heterocycles. The van der Waals surface area contributed by atoms with Crippen LogP contribution in [0.3, 0.4) is 0 Å². The Balaban J connectivity index is 1.99. The Hall–Kier alpha value is -2.96. The number of rotatable bonds is 4. The summed E-state index contributed by atoms with van der Waals surface area (Å²) in [5.41, 5.74) is 3.49. The average molecular weight is 353 g/mol. The fourth-order valence-electron chi connectivity index (χ4n) is 2.80. The minimum absolute atomic E-state index is 0.190. The molecule has 1 N–H and O–H groups in total. The highest BCUT2D eigenvalue weighted by Crippen LogP contribution is 2.18. The quantitative estimate of drug-likeness (QED) is 0.780. The molecule has 26 heavy (non-hydrogen) atoms. The predicted octanol–water partition coefficient (Wildman–Crippen LogP) is 2.22. The van der Waals surface area contributed by atoms with Crippen LogP contribution in [0.5, 0.6) is 0 Å². The van der Waals surface area contributed by atoms with Crippen LogP contribution in [0.25, 0.3) is 11.0 Å². The molecule has 2 heterocycles. The predicted molar refractivity (Wildman–Crippen MR) is 101 cm³/mol. The summed E-state index contributed by atoms with van der Waals surface area (Å²) in [4.78, 5) is 29.9. The van der Waals surface area contributed by atoms with E-state index in [0.29, 0.717) is 23.3 Å². The van der Waals surface area contributed by atoms with Crippen molar-refractivity contribution in [1.82, 2.24) is 19.4 Å². The standard InChI is InChI=1S/C19H23N5O2/c1-5-15-21-17-14(12-20-24(17)19(2,3)4)18(26)23(15)22-16(25)11-13-9-7-6-8-10-13/h6-10,12H,5,11H2,1-4H3,(H,22,25). The number of aryl methyl sites for hydroxylation is 1. The van der Waals surface area contributed by atoms with Gasteiger partial charge in [0.2, 0.25) is 5.91 Å². The Morgan fingerprint density at radius 1 is 1.19 bits per heavy atom. The number of carbonyl (C=O) groups excluding carboxylic acids is 1. The highest BCUT2D eigenvalue weighted by molar-refractivity contribution is 5.86. The van der Waals surface area contributed by atoms with Gasteiger partial charge in [0.15, 0.2) is 5.65 Å². The third-order valence-electron chi connectivity index (χ3n) is 4.07. The van der Waals surface area contributed by atoms with Crippen LogP contribution in [0.2, 0.25) is 0 Å². The summed E-state index contributed by atoms with van der Waals surface area (Å²) < 4.78 is 2.97. The molecule has 1 amide bonds. The molecule has 0 aliphatic carbocycles. The molecule has 0 fully saturated rings. The fraction of sp³-hybridized carbons (Fsp3) is 0.368. The Bertz CT molecular complexity index is 996. The first-order valence-corrected chi connectivity index (χ1v) is 8.65. The van der Waals surface area contributed by atoms with Crippen LogP contribution >= 0.6 is 0 Å². The van der Waals surface area contributed by atoms with Crippen molar-refractivity contribution >= 4 is 16.9 Å². The molecular weight excluding hydrogens is 330 g/mol. The SMILES string of the molecule is CCc1nc2c(cnn2C(C)(C)C)c(=O)n1NC(=O)Cc1ccccc1. The first-order chi connectivity index (χ1) is 12.3. The normalized spacial score (nSPS) is 11.7. The molecular formula is C19H23N5O2. The first kappa shape index (κ1) is 17.8. The van der Waals surface area contributed by atoms with Crippen molar-refractivity contribution in [2.45, 2.75) is 46.1 Å². The number of nitrogens with zero attached hydrogens (tertiary/aromatic N) is 4. The molecule has 0 bridgehead atoms. The third kappa shape index (κ3) is 3.37. The Morgan fingerprint density at radius 3 is 2.50 bits per heavy atom. The van der Waals surface area contributed by atoms with Gasteiger partial charge in [-0.15, -0.1) is 0 Å². The van der Waals surface area contributed by atoms with E-state index >= 15 is 0 Å². The van der Waals surface area contributed by atoms with Gasteiger partial charge in [-0.2, -0.15) is 5.10 Å².